The van der Waals surface area contributed by atoms with Crippen LogP contribution in [0.15, 0.2) is 30.5 Å². The number of aromatic amines is 1. The van der Waals surface area contributed by atoms with Gasteiger partial charge in [-0.3, -0.25) is 24.0 Å². The molecule has 0 aliphatic carbocycles. The lowest BCUT2D eigenvalue weighted by atomic mass is 10.0. The fraction of sp³-hybridized carbons (Fsp3) is 0.500. The maximum Gasteiger partial charge on any atom is 0.372 e. The quantitative estimate of drug-likeness (QED) is 0.0474. The van der Waals surface area contributed by atoms with E-state index in [4.69, 9.17) is 10.3 Å². The number of amides is 4. The molecule has 0 unspecified atom stereocenters. The third-order valence-electron chi connectivity index (χ3n) is 6.56. The van der Waals surface area contributed by atoms with Gasteiger partial charge in [0.05, 0.1) is 16.4 Å². The van der Waals surface area contributed by atoms with E-state index in [2.05, 4.69) is 31.0 Å². The van der Waals surface area contributed by atoms with E-state index in [9.17, 15) is 28.8 Å². The lowest BCUT2D eigenvalue weighted by Crippen LogP contribution is -2.56. The molecule has 1 heterocycles. The molecule has 238 valence electrons. The van der Waals surface area contributed by atoms with Crippen molar-refractivity contribution in [3.8, 4) is 0 Å². The Morgan fingerprint density at radius 1 is 0.909 bits per heavy atom. The number of hydrogen-bond acceptors (Lipinski definition) is 8. The van der Waals surface area contributed by atoms with Gasteiger partial charge in [-0.15, -0.1) is 0 Å². The highest BCUT2D eigenvalue weighted by Gasteiger charge is 2.31. The van der Waals surface area contributed by atoms with E-state index in [1.54, 1.807) is 20.0 Å². The number of nitrogens with one attached hydrogen (secondary N) is 6. The average molecular weight is 613 g/mol. The summed E-state index contributed by atoms with van der Waals surface area (Å²) in [5.41, 5.74) is 8.48. The van der Waals surface area contributed by atoms with Gasteiger partial charge in [0.25, 0.3) is 0 Å². The zero-order valence-corrected chi connectivity index (χ0v) is 25.5. The molecule has 14 nitrogen and oxygen atoms in total. The molecular weight excluding hydrogens is 570 g/mol. The van der Waals surface area contributed by atoms with Gasteiger partial charge in [-0.1, -0.05) is 18.2 Å². The number of ketones is 1. The van der Waals surface area contributed by atoms with Crippen LogP contribution < -0.4 is 21.3 Å². The molecule has 2 aromatic rings. The van der Waals surface area contributed by atoms with E-state index in [-0.39, 0.29) is 31.6 Å². The Morgan fingerprint density at radius 2 is 1.59 bits per heavy atom. The molecule has 0 saturated heterocycles. The lowest BCUT2D eigenvalue weighted by Gasteiger charge is -2.25. The largest absolute Gasteiger partial charge is 0.461 e. The van der Waals surface area contributed by atoms with E-state index >= 15 is 0 Å². The first kappa shape index (κ1) is 35.4. The summed E-state index contributed by atoms with van der Waals surface area (Å²) in [7, 11) is 0. The third kappa shape index (κ3) is 12.2. The molecule has 1 aromatic heterocycles. The van der Waals surface area contributed by atoms with Gasteiger partial charge in [-0.2, -0.15) is 0 Å². The molecular formula is C30H42N7O7+. The molecule has 2 rings (SSSR count). The molecule has 0 saturated carbocycles. The Bertz CT molecular complexity index is 1380. The zero-order chi connectivity index (χ0) is 32.6. The van der Waals surface area contributed by atoms with Gasteiger partial charge >= 0.3 is 12.2 Å². The molecule has 4 amide bonds. The fourth-order valence-corrected chi connectivity index (χ4v) is 4.51. The first-order valence-electron chi connectivity index (χ1n) is 14.5. The highest BCUT2D eigenvalue weighted by Crippen LogP contribution is 2.19. The number of Topliss-reactive ketones (excluding diaryl/α,β-unsaturated/α-hetero) is 1. The number of nitrogens with zero attached hydrogens (tertiary/aromatic N) is 1. The summed E-state index contributed by atoms with van der Waals surface area (Å²) in [4.78, 5) is 81.1. The molecule has 3 atom stereocenters. The van der Waals surface area contributed by atoms with Crippen molar-refractivity contribution >= 4 is 52.5 Å². The van der Waals surface area contributed by atoms with Crippen LogP contribution in [0.4, 0.5) is 0 Å². The van der Waals surface area contributed by atoms with Crippen LogP contribution in [0.1, 0.15) is 65.4 Å². The van der Waals surface area contributed by atoms with Crippen molar-refractivity contribution in [3.05, 3.63) is 36.0 Å². The summed E-state index contributed by atoms with van der Waals surface area (Å²) in [5.74, 6) is -3.17. The number of fused-ring (bicyclic) bond motifs is 1. The van der Waals surface area contributed by atoms with Gasteiger partial charge in [0.1, 0.15) is 18.1 Å². The second-order valence-corrected chi connectivity index (χ2v) is 10.7. The van der Waals surface area contributed by atoms with Gasteiger partial charge in [0, 0.05) is 50.3 Å². The minimum atomic E-state index is -1.20. The normalized spacial score (nSPS) is 12.8. The van der Waals surface area contributed by atoms with Crippen molar-refractivity contribution in [1.82, 2.24) is 26.3 Å². The minimum Gasteiger partial charge on any atom is -0.461 e. The molecule has 1 aromatic carbocycles. The summed E-state index contributed by atoms with van der Waals surface area (Å²) >= 11 is 0. The molecule has 0 bridgehead atoms. The minimum absolute atomic E-state index is 0.111. The van der Waals surface area contributed by atoms with E-state index in [0.717, 1.165) is 22.7 Å². The molecule has 0 radical (unpaired) electrons. The van der Waals surface area contributed by atoms with Gasteiger partial charge in [0.2, 0.25) is 29.4 Å². The van der Waals surface area contributed by atoms with Crippen molar-refractivity contribution in [2.75, 3.05) is 6.54 Å². The number of rotatable bonds is 18. The van der Waals surface area contributed by atoms with E-state index in [1.165, 1.54) is 13.8 Å². The van der Waals surface area contributed by atoms with Crippen LogP contribution in [-0.4, -0.2) is 82.1 Å². The van der Waals surface area contributed by atoms with Gasteiger partial charge < -0.3 is 31.0 Å². The summed E-state index contributed by atoms with van der Waals surface area (Å²) < 4.78 is 5.26. The number of carbonyl (C=O) groups is 6. The summed E-state index contributed by atoms with van der Waals surface area (Å²) in [6.07, 6.45) is 3.05. The second-order valence-electron chi connectivity index (χ2n) is 10.7. The van der Waals surface area contributed by atoms with Crippen LogP contribution in [0.3, 0.4) is 0 Å². The van der Waals surface area contributed by atoms with Crippen molar-refractivity contribution in [1.29, 1.82) is 5.53 Å². The number of unbranched alkanes of at least 4 members (excludes halogenated alkanes) is 1. The van der Waals surface area contributed by atoms with Crippen molar-refractivity contribution in [3.63, 3.8) is 0 Å². The van der Waals surface area contributed by atoms with Crippen molar-refractivity contribution in [2.24, 2.45) is 0 Å². The number of para-hydroxylation sites is 1. The van der Waals surface area contributed by atoms with Crippen LogP contribution in [-0.2, 0) is 39.9 Å². The van der Waals surface area contributed by atoms with Crippen LogP contribution in [0.25, 0.3) is 10.9 Å². The topological polar surface area (TPSA) is 214 Å². The van der Waals surface area contributed by atoms with Gasteiger partial charge in [0.15, 0.2) is 0 Å². The van der Waals surface area contributed by atoms with E-state index < -0.39 is 53.7 Å². The fourth-order valence-electron chi connectivity index (χ4n) is 4.51. The molecule has 6 N–H and O–H groups in total. The highest BCUT2D eigenvalue weighted by atomic mass is 16.5. The van der Waals surface area contributed by atoms with Gasteiger partial charge in [-0.25, -0.2) is 4.79 Å². The summed E-state index contributed by atoms with van der Waals surface area (Å²) in [6.45, 7) is 6.34. The Kier molecular flexibility index (Phi) is 14.4. The number of aromatic nitrogens is 1. The van der Waals surface area contributed by atoms with Crippen LogP contribution in [0.5, 0.6) is 0 Å². The Labute approximate surface area is 255 Å². The third-order valence-corrected chi connectivity index (χ3v) is 6.56. The predicted molar refractivity (Wildman–Crippen MR) is 161 cm³/mol. The molecule has 44 heavy (non-hydrogen) atoms. The number of hydrogen-bond donors (Lipinski definition) is 6. The Morgan fingerprint density at radius 3 is 2.25 bits per heavy atom. The molecule has 0 aliphatic heterocycles. The molecule has 14 heteroatoms. The molecule has 0 aliphatic rings. The first-order chi connectivity index (χ1) is 20.9. The monoisotopic (exact) mass is 612 g/mol. The maximum atomic E-state index is 13.5. The van der Waals surface area contributed by atoms with Crippen molar-refractivity contribution in [2.45, 2.75) is 90.4 Å². The van der Waals surface area contributed by atoms with Crippen LogP contribution >= 0.6 is 0 Å². The second kappa shape index (κ2) is 18.0. The Hall–Kier alpha value is -4.84. The Balaban J connectivity index is 2.26. The van der Waals surface area contributed by atoms with Crippen molar-refractivity contribution < 1.29 is 38.3 Å². The molecule has 0 fully saturated rings. The summed E-state index contributed by atoms with van der Waals surface area (Å²) in [5, 5.41) is 11.5. The van der Waals surface area contributed by atoms with Gasteiger partial charge in [-0.05, 0) is 51.2 Å². The molecule has 0 spiro atoms. The smallest absolute Gasteiger partial charge is 0.372 e. The lowest BCUT2D eigenvalue weighted by molar-refractivity contribution is -0.152. The van der Waals surface area contributed by atoms with E-state index in [0.29, 0.717) is 19.4 Å². The average Bonchev–Trinajstić information content (AvgIpc) is 3.35. The standard InChI is InChI=1S/C30H41N7O7/c1-18(2)44-30(43)26(13-12-22(40)17-34-31)37-28(41)25(11-7-8-14-32-19(3)38)36-29(42)27(35-20(4)39)15-21-16-33-24-10-6-5-9-23(21)24/h5-6,9-10,16-18,25-27,31,33H,7-8,11-15H2,1-4H3,(H3-,32,35,36,37,38,39,41,42)/p+1/t25-,26-,27-/m0/s1. The first-order valence-corrected chi connectivity index (χ1v) is 14.5. The zero-order valence-electron chi connectivity index (χ0n) is 25.5. The number of esters is 1. The van der Waals surface area contributed by atoms with Crippen LogP contribution in [0, 0.1) is 5.53 Å². The highest BCUT2D eigenvalue weighted by molar-refractivity contribution is 6.25. The van der Waals surface area contributed by atoms with Crippen LogP contribution in [0.2, 0.25) is 0 Å². The number of carbonyl (C=O) groups excluding carboxylic acids is 6. The SMILES string of the molecule is CC(=O)NCCCC[C@H](NC(=O)[C@H](Cc1c[nH]c2ccccc12)NC(C)=O)C(=O)N[C@@H](CCC(=O)C=[N+]=N)C(=O)OC(C)C. The predicted octanol–water partition coefficient (Wildman–Crippen LogP) is 1.10. The maximum absolute atomic E-state index is 13.5. The number of H-pyrrole nitrogens is 1. The summed E-state index contributed by atoms with van der Waals surface area (Å²) in [6, 6.07) is 4.20. The van der Waals surface area contributed by atoms with E-state index in [1.807, 2.05) is 24.3 Å². The number of benzene rings is 1. The number of ether oxygens (including phenoxy) is 1.